The smallest absolute Gasteiger partial charge is 0.133 e. The van der Waals surface area contributed by atoms with Gasteiger partial charge in [-0.3, -0.25) is 0 Å². The van der Waals surface area contributed by atoms with Crippen LogP contribution in [0.3, 0.4) is 0 Å². The molecule has 0 spiro atoms. The number of hydrogen-bond donors (Lipinski definition) is 0. The van der Waals surface area contributed by atoms with Crippen molar-refractivity contribution < 1.29 is 9.22 Å². The maximum atomic E-state index is 6.11. The van der Waals surface area contributed by atoms with E-state index in [1.54, 1.807) is 0 Å². The highest BCUT2D eigenvalue weighted by atomic mass is 79.9. The zero-order chi connectivity index (χ0) is 14.0. The lowest BCUT2D eigenvalue weighted by Gasteiger charge is -2.51. The number of piperidine rings is 2. The van der Waals surface area contributed by atoms with Crippen LogP contribution in [0.5, 0.6) is 5.75 Å². The van der Waals surface area contributed by atoms with Crippen molar-refractivity contribution in [3.63, 3.8) is 0 Å². The topological polar surface area (TPSA) is 9.23 Å². The molecular weight excluding hydrogens is 314 g/mol. The minimum Gasteiger partial charge on any atom is -0.492 e. The van der Waals surface area contributed by atoms with Crippen molar-refractivity contribution >= 4 is 15.9 Å². The Kier molecular flexibility index (Phi) is 4.37. The Bertz CT molecular complexity index is 460. The Morgan fingerprint density at radius 2 is 1.95 bits per heavy atom. The first kappa shape index (κ1) is 14.4. The first-order valence-corrected chi connectivity index (χ1v) is 8.70. The van der Waals surface area contributed by atoms with Gasteiger partial charge in [0.1, 0.15) is 5.75 Å². The lowest BCUT2D eigenvalue weighted by molar-refractivity contribution is -0.947. The summed E-state index contributed by atoms with van der Waals surface area (Å²) < 4.78 is 8.48. The monoisotopic (exact) mass is 338 g/mol. The van der Waals surface area contributed by atoms with E-state index < -0.39 is 0 Å². The van der Waals surface area contributed by atoms with Gasteiger partial charge < -0.3 is 9.22 Å². The molecule has 0 amide bonds. The summed E-state index contributed by atoms with van der Waals surface area (Å²) in [4.78, 5) is 0. The van der Waals surface area contributed by atoms with E-state index >= 15 is 0 Å². The van der Waals surface area contributed by atoms with Gasteiger partial charge in [0, 0.05) is 12.3 Å². The molecule has 2 aliphatic rings. The highest BCUT2D eigenvalue weighted by Gasteiger charge is 2.43. The summed E-state index contributed by atoms with van der Waals surface area (Å²) in [5.74, 6) is 1.71. The van der Waals surface area contributed by atoms with Crippen molar-refractivity contribution in [2.45, 2.75) is 38.1 Å². The van der Waals surface area contributed by atoms with Gasteiger partial charge in [0.15, 0.2) is 0 Å². The predicted molar refractivity (Wildman–Crippen MR) is 85.9 cm³/mol. The van der Waals surface area contributed by atoms with Crippen LogP contribution >= 0.6 is 15.9 Å². The lowest BCUT2D eigenvalue weighted by atomic mass is 9.82. The number of rotatable bonds is 3. The third-order valence-electron chi connectivity index (χ3n) is 5.30. The second-order valence-electron chi connectivity index (χ2n) is 6.63. The molecule has 0 saturated carbocycles. The van der Waals surface area contributed by atoms with E-state index in [9.17, 15) is 0 Å². The van der Waals surface area contributed by atoms with Gasteiger partial charge in [-0.2, -0.15) is 0 Å². The molecular formula is C17H25BrNO+. The van der Waals surface area contributed by atoms with E-state index in [-0.39, 0.29) is 0 Å². The molecule has 20 heavy (non-hydrogen) atoms. The van der Waals surface area contributed by atoms with Gasteiger partial charge >= 0.3 is 0 Å². The molecule has 2 heterocycles. The Labute approximate surface area is 130 Å². The molecule has 0 unspecified atom stereocenters. The molecule has 2 fully saturated rings. The Morgan fingerprint density at radius 1 is 1.15 bits per heavy atom. The first-order chi connectivity index (χ1) is 9.69. The van der Waals surface area contributed by atoms with Crippen LogP contribution in [0.15, 0.2) is 28.7 Å². The largest absolute Gasteiger partial charge is 0.492 e. The maximum Gasteiger partial charge on any atom is 0.133 e. The number of quaternary nitrogens is 1. The van der Waals surface area contributed by atoms with E-state index in [0.29, 0.717) is 0 Å². The van der Waals surface area contributed by atoms with Gasteiger partial charge in [0.25, 0.3) is 0 Å². The fraction of sp³-hybridized carbons (Fsp3) is 0.647. The van der Waals surface area contributed by atoms with Gasteiger partial charge in [0.2, 0.25) is 0 Å². The maximum absolute atomic E-state index is 6.11. The van der Waals surface area contributed by atoms with Gasteiger partial charge in [0.05, 0.1) is 37.3 Å². The molecule has 0 bridgehead atoms. The molecule has 0 N–H and O–H groups in total. The minimum absolute atomic E-state index is 0.723. The number of hydrogen-bond acceptors (Lipinski definition) is 1. The van der Waals surface area contributed by atoms with E-state index in [4.69, 9.17) is 4.74 Å². The summed E-state index contributed by atoms with van der Waals surface area (Å²) >= 11 is 3.57. The van der Waals surface area contributed by atoms with Gasteiger partial charge in [-0.1, -0.05) is 12.1 Å². The molecule has 2 nitrogen and oxygen atoms in total. The lowest BCUT2D eigenvalue weighted by Crippen LogP contribution is -2.61. The Morgan fingerprint density at radius 3 is 2.80 bits per heavy atom. The van der Waals surface area contributed by atoms with Gasteiger partial charge in [-0.05, 0) is 53.7 Å². The standard InChI is InChI=1S/C17H25BrNO/c1-19-11-5-4-9-16(19)14(7-6-12-19)13-20-17-10-3-2-8-15(17)18/h2-3,8,10,14,16H,4-7,9,11-13H2,1H3/q+1/t14-,16-,19+/m0/s1. The van der Waals surface area contributed by atoms with Crippen LogP contribution in [-0.2, 0) is 0 Å². The molecule has 1 aromatic carbocycles. The van der Waals surface area contributed by atoms with Crippen LogP contribution in [0.4, 0.5) is 0 Å². The van der Waals surface area contributed by atoms with Crippen molar-refractivity contribution in [2.75, 3.05) is 26.7 Å². The molecule has 110 valence electrons. The summed E-state index contributed by atoms with van der Waals surface area (Å²) in [5.41, 5.74) is 0. The second kappa shape index (κ2) is 6.07. The highest BCUT2D eigenvalue weighted by Crippen LogP contribution is 2.36. The van der Waals surface area contributed by atoms with Crippen molar-refractivity contribution in [1.82, 2.24) is 0 Å². The fourth-order valence-corrected chi connectivity index (χ4v) is 4.59. The molecule has 0 aromatic heterocycles. The van der Waals surface area contributed by atoms with Gasteiger partial charge in [-0.15, -0.1) is 0 Å². The molecule has 3 rings (SSSR count). The van der Waals surface area contributed by atoms with Crippen LogP contribution in [0, 0.1) is 5.92 Å². The van der Waals surface area contributed by atoms with Crippen molar-refractivity contribution in [3.05, 3.63) is 28.7 Å². The van der Waals surface area contributed by atoms with Crippen LogP contribution in [0.1, 0.15) is 32.1 Å². The molecule has 3 heteroatoms. The van der Waals surface area contributed by atoms with E-state index in [2.05, 4.69) is 35.1 Å². The summed E-state index contributed by atoms with van der Waals surface area (Å²) in [6, 6.07) is 9.01. The molecule has 0 aliphatic carbocycles. The molecule has 0 radical (unpaired) electrons. The fourth-order valence-electron chi connectivity index (χ4n) is 4.19. The normalized spacial score (nSPS) is 33.5. The second-order valence-corrected chi connectivity index (χ2v) is 7.49. The quantitative estimate of drug-likeness (QED) is 0.749. The van der Waals surface area contributed by atoms with Crippen LogP contribution in [-0.4, -0.2) is 37.3 Å². The summed E-state index contributed by atoms with van der Waals surface area (Å²) in [6.07, 6.45) is 6.90. The summed E-state index contributed by atoms with van der Waals surface area (Å²) in [6.45, 7) is 3.62. The summed E-state index contributed by atoms with van der Waals surface area (Å²) in [5, 5.41) is 0. The molecule has 2 saturated heterocycles. The third-order valence-corrected chi connectivity index (χ3v) is 5.95. The number of para-hydroxylation sites is 1. The Hall–Kier alpha value is -0.540. The number of benzene rings is 1. The van der Waals surface area contributed by atoms with Crippen LogP contribution in [0.2, 0.25) is 0 Å². The zero-order valence-corrected chi connectivity index (χ0v) is 13.9. The van der Waals surface area contributed by atoms with E-state index in [0.717, 1.165) is 28.8 Å². The van der Waals surface area contributed by atoms with Crippen LogP contribution in [0.25, 0.3) is 0 Å². The molecule has 2 aliphatic heterocycles. The number of nitrogens with zero attached hydrogens (tertiary/aromatic N) is 1. The zero-order valence-electron chi connectivity index (χ0n) is 12.4. The SMILES string of the molecule is C[N@+]12CCCC[C@H]1[C@H](COc1ccccc1Br)CCC2. The highest BCUT2D eigenvalue weighted by molar-refractivity contribution is 9.10. The number of ether oxygens (including phenoxy) is 1. The van der Waals surface area contributed by atoms with Gasteiger partial charge in [-0.25, -0.2) is 0 Å². The first-order valence-electron chi connectivity index (χ1n) is 7.91. The van der Waals surface area contributed by atoms with Crippen molar-refractivity contribution in [2.24, 2.45) is 5.92 Å². The molecule has 1 aromatic rings. The van der Waals surface area contributed by atoms with E-state index in [1.165, 1.54) is 49.7 Å². The average molecular weight is 339 g/mol. The van der Waals surface area contributed by atoms with Crippen molar-refractivity contribution in [3.8, 4) is 5.75 Å². The predicted octanol–water partition coefficient (Wildman–Crippen LogP) is 4.24. The molecule has 3 atom stereocenters. The third kappa shape index (κ3) is 2.89. The average Bonchev–Trinajstić information content (AvgIpc) is 2.45. The summed E-state index contributed by atoms with van der Waals surface area (Å²) in [7, 11) is 2.47. The Balaban J connectivity index is 1.66. The van der Waals surface area contributed by atoms with Crippen molar-refractivity contribution in [1.29, 1.82) is 0 Å². The van der Waals surface area contributed by atoms with Crippen LogP contribution < -0.4 is 4.74 Å². The number of fused-ring (bicyclic) bond motifs is 1. The number of halogens is 1. The minimum atomic E-state index is 0.723. The van der Waals surface area contributed by atoms with E-state index in [1.807, 2.05) is 12.1 Å².